The Hall–Kier alpha value is -4.21. The lowest BCUT2D eigenvalue weighted by atomic mass is 10.2. The predicted octanol–water partition coefficient (Wildman–Crippen LogP) is 2.43. The highest BCUT2D eigenvalue weighted by Gasteiger charge is 2.32. The molecule has 2 aromatic rings. The van der Waals surface area contributed by atoms with E-state index in [1.165, 1.54) is 0 Å². The molecule has 3 N–H and O–H groups in total. The molecule has 1 aliphatic rings. The van der Waals surface area contributed by atoms with Crippen LogP contribution in [0.15, 0.2) is 36.7 Å². The van der Waals surface area contributed by atoms with E-state index in [-0.39, 0.29) is 11.8 Å². The van der Waals surface area contributed by atoms with Crippen molar-refractivity contribution in [1.29, 1.82) is 0 Å². The molecule has 1 aliphatic heterocycles. The Kier molecular flexibility index (Phi) is 13.5. The lowest BCUT2D eigenvalue weighted by molar-refractivity contribution is -0.135. The molecule has 0 radical (unpaired) electrons. The largest absolute Gasteiger partial charge is 0.481 e. The molecule has 0 aromatic carbocycles. The first-order valence-corrected chi connectivity index (χ1v) is 14.2. The molecule has 42 heavy (non-hydrogen) atoms. The molecule has 0 saturated carbocycles. The third-order valence-electron chi connectivity index (χ3n) is 6.38. The van der Waals surface area contributed by atoms with Crippen LogP contribution >= 0.6 is 0 Å². The summed E-state index contributed by atoms with van der Waals surface area (Å²) >= 11 is 0. The molecule has 226 valence electrons. The fourth-order valence-electron chi connectivity index (χ4n) is 4.25. The van der Waals surface area contributed by atoms with Gasteiger partial charge in [-0.1, -0.05) is 17.9 Å². The highest BCUT2D eigenvalue weighted by molar-refractivity contribution is 5.93. The fourth-order valence-corrected chi connectivity index (χ4v) is 4.25. The van der Waals surface area contributed by atoms with Crippen molar-refractivity contribution in [3.8, 4) is 17.7 Å². The monoisotopic (exact) mass is 578 g/mol. The zero-order chi connectivity index (χ0) is 30.2. The number of hydrogen-bond donors (Lipinski definition) is 3. The maximum atomic E-state index is 12.8. The fraction of sp³-hybridized carbons (Fsp3) is 0.500. The number of likely N-dealkylation sites (tertiary alicyclic amines) is 1. The van der Waals surface area contributed by atoms with Crippen LogP contribution in [-0.4, -0.2) is 104 Å². The van der Waals surface area contributed by atoms with Gasteiger partial charge in [-0.05, 0) is 45.8 Å². The summed E-state index contributed by atoms with van der Waals surface area (Å²) in [7, 11) is 7.11. The number of methoxy groups -OCH3 is 2. The van der Waals surface area contributed by atoms with Crippen LogP contribution in [0.25, 0.3) is 0 Å². The maximum Gasteiger partial charge on any atom is 0.246 e. The van der Waals surface area contributed by atoms with E-state index in [1.807, 2.05) is 25.1 Å². The maximum absolute atomic E-state index is 12.8. The number of pyridine rings is 1. The van der Waals surface area contributed by atoms with Gasteiger partial charge in [0.1, 0.15) is 11.9 Å². The Balaban J connectivity index is 1.53. The molecule has 0 bridgehead atoms. The normalized spacial score (nSPS) is 14.5. The number of unbranched alkanes of at least 4 members (excludes halogenated alkanes) is 1. The van der Waals surface area contributed by atoms with E-state index < -0.39 is 6.04 Å². The van der Waals surface area contributed by atoms with Crippen molar-refractivity contribution in [2.24, 2.45) is 0 Å². The number of hydrogen-bond acceptors (Lipinski definition) is 10. The van der Waals surface area contributed by atoms with Gasteiger partial charge in [-0.3, -0.25) is 9.59 Å². The standard InChI is InChI=1S/C30H42N8O4/c1-37(2)18-9-13-27(39)38-19-8-12-25(38)29(40)33-15-7-5-6-11-23-22-34-30(36-28(23)32-16-10-20-41-3)35-24-14-17-31-26(21-24)42-4/h9,13-14,17,21-22,25H,5,7-8,10,12,15-16,18-20H2,1-4H3,(H,33,40)(H2,31,32,34,35,36). The van der Waals surface area contributed by atoms with Crippen molar-refractivity contribution in [3.63, 3.8) is 0 Å². The molecule has 12 nitrogen and oxygen atoms in total. The Morgan fingerprint density at radius 1 is 1.21 bits per heavy atom. The summed E-state index contributed by atoms with van der Waals surface area (Å²) < 4.78 is 10.3. The quantitative estimate of drug-likeness (QED) is 0.164. The zero-order valence-electron chi connectivity index (χ0n) is 25.0. The highest BCUT2D eigenvalue weighted by Crippen LogP contribution is 2.20. The third-order valence-corrected chi connectivity index (χ3v) is 6.38. The molecule has 3 heterocycles. The minimum Gasteiger partial charge on any atom is -0.481 e. The van der Waals surface area contributed by atoms with Gasteiger partial charge < -0.3 is 35.2 Å². The van der Waals surface area contributed by atoms with Crippen LogP contribution in [0.3, 0.4) is 0 Å². The Morgan fingerprint density at radius 3 is 2.86 bits per heavy atom. The van der Waals surface area contributed by atoms with Gasteiger partial charge in [-0.25, -0.2) is 9.97 Å². The number of nitrogens with one attached hydrogen (secondary N) is 3. The molecule has 1 saturated heterocycles. The van der Waals surface area contributed by atoms with Crippen LogP contribution in [-0.2, 0) is 14.3 Å². The number of amides is 2. The van der Waals surface area contributed by atoms with E-state index in [0.29, 0.717) is 75.3 Å². The van der Waals surface area contributed by atoms with E-state index >= 15 is 0 Å². The number of ether oxygens (including phenoxy) is 2. The molecule has 0 aliphatic carbocycles. The van der Waals surface area contributed by atoms with Gasteiger partial charge in [0.05, 0.1) is 18.9 Å². The van der Waals surface area contributed by atoms with Gasteiger partial charge >= 0.3 is 0 Å². The summed E-state index contributed by atoms with van der Waals surface area (Å²) in [5, 5.41) is 9.45. The molecule has 2 amide bonds. The molecule has 3 rings (SSSR count). The number of carbonyl (C=O) groups is 2. The summed E-state index contributed by atoms with van der Waals surface area (Å²) in [4.78, 5) is 42.1. The van der Waals surface area contributed by atoms with Gasteiger partial charge in [0, 0.05) is 70.3 Å². The third kappa shape index (κ3) is 10.6. The second kappa shape index (κ2) is 17.6. The number of anilines is 3. The topological polar surface area (TPSA) is 134 Å². The average molecular weight is 579 g/mol. The first-order chi connectivity index (χ1) is 20.4. The average Bonchev–Trinajstić information content (AvgIpc) is 3.48. The molecule has 1 unspecified atom stereocenters. The lowest BCUT2D eigenvalue weighted by Gasteiger charge is -2.22. The smallest absolute Gasteiger partial charge is 0.246 e. The SMILES string of the molecule is COCCCNc1nc(Nc2ccnc(OC)c2)ncc1C#CCCCNC(=O)C1CCCN1C(=O)C=CCN(C)C. The van der Waals surface area contributed by atoms with Crippen LogP contribution < -0.4 is 20.7 Å². The Labute approximate surface area is 248 Å². The van der Waals surface area contributed by atoms with Gasteiger partial charge in [-0.15, -0.1) is 0 Å². The summed E-state index contributed by atoms with van der Waals surface area (Å²) in [6.45, 7) is 3.06. The zero-order valence-corrected chi connectivity index (χ0v) is 25.0. The molecule has 2 aromatic heterocycles. The number of carbonyl (C=O) groups excluding carboxylic acids is 2. The predicted molar refractivity (Wildman–Crippen MR) is 163 cm³/mol. The van der Waals surface area contributed by atoms with Crippen molar-refractivity contribution >= 4 is 29.3 Å². The molecular formula is C30H42N8O4. The summed E-state index contributed by atoms with van der Waals surface area (Å²) in [5.74, 6) is 7.61. The number of likely N-dealkylation sites (N-methyl/N-ethyl adjacent to an activating group) is 1. The van der Waals surface area contributed by atoms with Crippen LogP contribution in [0.2, 0.25) is 0 Å². The molecule has 0 spiro atoms. The Morgan fingerprint density at radius 2 is 2.07 bits per heavy atom. The van der Waals surface area contributed by atoms with Gasteiger partial charge in [-0.2, -0.15) is 4.98 Å². The number of rotatable bonds is 15. The van der Waals surface area contributed by atoms with Crippen LogP contribution in [0.1, 0.15) is 37.7 Å². The Bertz CT molecular complexity index is 1260. The van der Waals surface area contributed by atoms with Crippen molar-refractivity contribution in [3.05, 3.63) is 42.2 Å². The minimum absolute atomic E-state index is 0.110. The van der Waals surface area contributed by atoms with Gasteiger partial charge in [0.2, 0.25) is 23.6 Å². The molecule has 1 atom stereocenters. The first kappa shape index (κ1) is 32.3. The van der Waals surface area contributed by atoms with E-state index in [2.05, 4.69) is 42.7 Å². The molecule has 12 heteroatoms. The highest BCUT2D eigenvalue weighted by atomic mass is 16.5. The molecule has 1 fully saturated rings. The van der Waals surface area contributed by atoms with E-state index in [9.17, 15) is 9.59 Å². The number of aromatic nitrogens is 3. The van der Waals surface area contributed by atoms with E-state index in [0.717, 1.165) is 18.5 Å². The van der Waals surface area contributed by atoms with Crippen LogP contribution in [0, 0.1) is 11.8 Å². The lowest BCUT2D eigenvalue weighted by Crippen LogP contribution is -2.45. The van der Waals surface area contributed by atoms with E-state index in [1.54, 1.807) is 49.7 Å². The van der Waals surface area contributed by atoms with Crippen molar-refractivity contribution in [2.75, 3.05) is 71.7 Å². The summed E-state index contributed by atoms with van der Waals surface area (Å²) in [5.41, 5.74) is 1.43. The molecular weight excluding hydrogens is 536 g/mol. The minimum atomic E-state index is -0.420. The first-order valence-electron chi connectivity index (χ1n) is 14.2. The summed E-state index contributed by atoms with van der Waals surface area (Å²) in [6.07, 6.45) is 10.3. The van der Waals surface area contributed by atoms with Crippen molar-refractivity contribution < 1.29 is 19.1 Å². The summed E-state index contributed by atoms with van der Waals surface area (Å²) in [6, 6.07) is 3.14. The van der Waals surface area contributed by atoms with Crippen molar-refractivity contribution in [1.82, 2.24) is 30.1 Å². The van der Waals surface area contributed by atoms with Crippen molar-refractivity contribution in [2.45, 2.75) is 38.1 Å². The number of nitrogens with zero attached hydrogens (tertiary/aromatic N) is 5. The van der Waals surface area contributed by atoms with Gasteiger partial charge in [0.25, 0.3) is 0 Å². The second-order valence-corrected chi connectivity index (χ2v) is 9.99. The van der Waals surface area contributed by atoms with Crippen LogP contribution in [0.5, 0.6) is 5.88 Å². The van der Waals surface area contributed by atoms with Gasteiger partial charge in [0.15, 0.2) is 0 Å². The second-order valence-electron chi connectivity index (χ2n) is 9.99. The van der Waals surface area contributed by atoms with Crippen LogP contribution in [0.4, 0.5) is 17.5 Å². The van der Waals surface area contributed by atoms with E-state index in [4.69, 9.17) is 9.47 Å².